The molecule has 0 heterocycles. The zero-order chi connectivity index (χ0) is 24.2. The first-order valence-electron chi connectivity index (χ1n) is 12.4. The lowest BCUT2D eigenvalue weighted by Crippen LogP contribution is -2.36. The second kappa shape index (κ2) is 13.9. The largest absolute Gasteiger partial charge is 0.494 e. The SMILES string of the molecule is CCCCCCOc1cccc(NC(=O)CNc2ccc(Cl)c(C(=O)NC3CCCCC3)c2)c1. The summed E-state index contributed by atoms with van der Waals surface area (Å²) in [5.41, 5.74) is 1.76. The van der Waals surface area contributed by atoms with Crippen LogP contribution in [0.4, 0.5) is 11.4 Å². The fraction of sp³-hybridized carbons (Fsp3) is 0.481. The van der Waals surface area contributed by atoms with Crippen molar-refractivity contribution in [3.63, 3.8) is 0 Å². The van der Waals surface area contributed by atoms with E-state index in [2.05, 4.69) is 22.9 Å². The van der Waals surface area contributed by atoms with E-state index in [1.54, 1.807) is 18.2 Å². The number of rotatable bonds is 12. The first kappa shape index (κ1) is 25.9. The molecule has 3 rings (SSSR count). The van der Waals surface area contributed by atoms with Crippen molar-refractivity contribution in [3.8, 4) is 5.75 Å². The molecule has 1 saturated carbocycles. The highest BCUT2D eigenvalue weighted by atomic mass is 35.5. The van der Waals surface area contributed by atoms with Crippen molar-refractivity contribution in [2.24, 2.45) is 0 Å². The van der Waals surface area contributed by atoms with E-state index in [9.17, 15) is 9.59 Å². The fourth-order valence-corrected chi connectivity index (χ4v) is 4.29. The number of anilines is 2. The van der Waals surface area contributed by atoms with Gasteiger partial charge in [-0.2, -0.15) is 0 Å². The van der Waals surface area contributed by atoms with Crippen LogP contribution in [0.15, 0.2) is 42.5 Å². The Bertz CT molecular complexity index is 944. The zero-order valence-corrected chi connectivity index (χ0v) is 20.8. The third kappa shape index (κ3) is 8.56. The summed E-state index contributed by atoms with van der Waals surface area (Å²) in [6.45, 7) is 2.92. The molecule has 7 heteroatoms. The molecule has 0 unspecified atom stereocenters. The van der Waals surface area contributed by atoms with Crippen molar-refractivity contribution in [1.82, 2.24) is 5.32 Å². The monoisotopic (exact) mass is 485 g/mol. The molecule has 1 fully saturated rings. The molecule has 0 radical (unpaired) electrons. The number of unbranched alkanes of at least 4 members (excludes halogenated alkanes) is 3. The number of ether oxygens (including phenoxy) is 1. The molecule has 0 bridgehead atoms. The lowest BCUT2D eigenvalue weighted by molar-refractivity contribution is -0.114. The summed E-state index contributed by atoms with van der Waals surface area (Å²) in [6.07, 6.45) is 10.1. The van der Waals surface area contributed by atoms with E-state index in [4.69, 9.17) is 16.3 Å². The van der Waals surface area contributed by atoms with Crippen LogP contribution < -0.4 is 20.7 Å². The smallest absolute Gasteiger partial charge is 0.253 e. The van der Waals surface area contributed by atoms with Gasteiger partial charge >= 0.3 is 0 Å². The summed E-state index contributed by atoms with van der Waals surface area (Å²) in [4.78, 5) is 25.2. The van der Waals surface area contributed by atoms with Crippen LogP contribution >= 0.6 is 11.6 Å². The van der Waals surface area contributed by atoms with Crippen molar-refractivity contribution >= 4 is 34.8 Å². The van der Waals surface area contributed by atoms with Gasteiger partial charge in [-0.15, -0.1) is 0 Å². The minimum Gasteiger partial charge on any atom is -0.494 e. The molecule has 2 aromatic rings. The Morgan fingerprint density at radius 2 is 1.82 bits per heavy atom. The number of carbonyl (C=O) groups is 2. The lowest BCUT2D eigenvalue weighted by Gasteiger charge is -2.23. The van der Waals surface area contributed by atoms with Gasteiger partial charge in [0.05, 0.1) is 23.7 Å². The number of amides is 2. The molecule has 2 aromatic carbocycles. The molecular formula is C27H36ClN3O3. The summed E-state index contributed by atoms with van der Waals surface area (Å²) in [7, 11) is 0. The molecule has 184 valence electrons. The van der Waals surface area contributed by atoms with Crippen LogP contribution in [-0.4, -0.2) is 31.0 Å². The zero-order valence-electron chi connectivity index (χ0n) is 20.0. The van der Waals surface area contributed by atoms with E-state index in [1.807, 2.05) is 24.3 Å². The summed E-state index contributed by atoms with van der Waals surface area (Å²) in [6, 6.07) is 12.8. The molecular weight excluding hydrogens is 450 g/mol. The Hall–Kier alpha value is -2.73. The lowest BCUT2D eigenvalue weighted by atomic mass is 9.95. The third-order valence-electron chi connectivity index (χ3n) is 5.99. The molecule has 1 aliphatic rings. The summed E-state index contributed by atoms with van der Waals surface area (Å²) >= 11 is 6.27. The maximum atomic E-state index is 12.7. The normalized spacial score (nSPS) is 13.8. The number of benzene rings is 2. The average Bonchev–Trinajstić information content (AvgIpc) is 2.84. The van der Waals surface area contributed by atoms with E-state index in [-0.39, 0.29) is 24.4 Å². The third-order valence-corrected chi connectivity index (χ3v) is 6.32. The molecule has 0 atom stereocenters. The predicted octanol–water partition coefficient (Wildman–Crippen LogP) is 6.41. The Kier molecular flexibility index (Phi) is 10.5. The molecule has 3 N–H and O–H groups in total. The molecule has 0 aliphatic heterocycles. The number of hydrogen-bond donors (Lipinski definition) is 3. The maximum Gasteiger partial charge on any atom is 0.253 e. The van der Waals surface area contributed by atoms with Gasteiger partial charge in [0, 0.05) is 23.5 Å². The maximum absolute atomic E-state index is 12.7. The minimum absolute atomic E-state index is 0.0629. The quantitative estimate of drug-likeness (QED) is 0.303. The molecule has 1 aliphatic carbocycles. The van der Waals surface area contributed by atoms with Crippen LogP contribution in [0.2, 0.25) is 5.02 Å². The van der Waals surface area contributed by atoms with Gasteiger partial charge in [-0.25, -0.2) is 0 Å². The predicted molar refractivity (Wildman–Crippen MR) is 139 cm³/mol. The van der Waals surface area contributed by atoms with Crippen LogP contribution in [0.3, 0.4) is 0 Å². The first-order valence-corrected chi connectivity index (χ1v) is 12.8. The summed E-state index contributed by atoms with van der Waals surface area (Å²) in [5, 5.41) is 9.44. The summed E-state index contributed by atoms with van der Waals surface area (Å²) < 4.78 is 5.79. The average molecular weight is 486 g/mol. The van der Waals surface area contributed by atoms with Gasteiger partial charge in [0.2, 0.25) is 5.91 Å². The Balaban J connectivity index is 1.48. The molecule has 34 heavy (non-hydrogen) atoms. The van der Waals surface area contributed by atoms with Gasteiger partial charge in [-0.1, -0.05) is 63.1 Å². The van der Waals surface area contributed by atoms with E-state index >= 15 is 0 Å². The van der Waals surface area contributed by atoms with Gasteiger partial charge in [-0.3, -0.25) is 9.59 Å². The van der Waals surface area contributed by atoms with Crippen LogP contribution in [-0.2, 0) is 4.79 Å². The van der Waals surface area contributed by atoms with Crippen LogP contribution in [0.5, 0.6) is 5.75 Å². The van der Waals surface area contributed by atoms with E-state index in [0.717, 1.165) is 44.3 Å². The van der Waals surface area contributed by atoms with Gasteiger partial charge < -0.3 is 20.7 Å². The molecule has 6 nitrogen and oxygen atoms in total. The van der Waals surface area contributed by atoms with E-state index in [0.29, 0.717) is 28.6 Å². The van der Waals surface area contributed by atoms with Crippen molar-refractivity contribution in [1.29, 1.82) is 0 Å². The molecule has 0 aromatic heterocycles. The van der Waals surface area contributed by atoms with Crippen molar-refractivity contribution in [2.45, 2.75) is 70.8 Å². The van der Waals surface area contributed by atoms with Gasteiger partial charge in [0.25, 0.3) is 5.91 Å². The number of carbonyl (C=O) groups excluding carboxylic acids is 2. The highest BCUT2D eigenvalue weighted by Crippen LogP contribution is 2.23. The highest BCUT2D eigenvalue weighted by molar-refractivity contribution is 6.34. The highest BCUT2D eigenvalue weighted by Gasteiger charge is 2.18. The number of nitrogens with one attached hydrogen (secondary N) is 3. The minimum atomic E-state index is -0.191. The topological polar surface area (TPSA) is 79.5 Å². The van der Waals surface area contributed by atoms with Crippen molar-refractivity contribution in [2.75, 3.05) is 23.8 Å². The molecule has 0 saturated heterocycles. The van der Waals surface area contributed by atoms with Gasteiger partial charge in [0.15, 0.2) is 0 Å². The Labute approximate surface area is 207 Å². The second-order valence-electron chi connectivity index (χ2n) is 8.84. The van der Waals surface area contributed by atoms with Crippen molar-refractivity contribution in [3.05, 3.63) is 53.1 Å². The van der Waals surface area contributed by atoms with Crippen LogP contribution in [0, 0.1) is 0 Å². The van der Waals surface area contributed by atoms with Crippen molar-refractivity contribution < 1.29 is 14.3 Å². The summed E-state index contributed by atoms with van der Waals surface area (Å²) in [5.74, 6) is 0.383. The van der Waals surface area contributed by atoms with E-state index in [1.165, 1.54) is 19.3 Å². The van der Waals surface area contributed by atoms with E-state index < -0.39 is 0 Å². The first-order chi connectivity index (χ1) is 16.5. The standard InChI is InChI=1S/C27H36ClN3O3/c1-2-3-4-8-16-34-23-13-9-12-22(17-23)30-26(32)19-29-21-14-15-25(28)24(18-21)27(33)31-20-10-6-5-7-11-20/h9,12-15,17-18,20,29H,2-8,10-11,16,19H2,1H3,(H,30,32)(H,31,33). The van der Waals surface area contributed by atoms with Crippen LogP contribution in [0.1, 0.15) is 75.1 Å². The molecule has 0 spiro atoms. The van der Waals surface area contributed by atoms with Gasteiger partial charge in [-0.05, 0) is 49.6 Å². The Morgan fingerprint density at radius 1 is 1.00 bits per heavy atom. The fourth-order valence-electron chi connectivity index (χ4n) is 4.09. The van der Waals surface area contributed by atoms with Crippen LogP contribution in [0.25, 0.3) is 0 Å². The second-order valence-corrected chi connectivity index (χ2v) is 9.25. The Morgan fingerprint density at radius 3 is 2.62 bits per heavy atom. The molecule has 2 amide bonds. The number of hydrogen-bond acceptors (Lipinski definition) is 4. The van der Waals surface area contributed by atoms with Gasteiger partial charge in [0.1, 0.15) is 5.75 Å². The number of halogens is 1.